The quantitative estimate of drug-likeness (QED) is 0.141. The first-order valence-electron chi connectivity index (χ1n) is 14.1. The molecule has 2 atom stereocenters. The van der Waals surface area contributed by atoms with E-state index in [9.17, 15) is 19.2 Å². The van der Waals surface area contributed by atoms with Crippen molar-refractivity contribution in [2.24, 2.45) is 5.73 Å². The van der Waals surface area contributed by atoms with Crippen LogP contribution in [0.3, 0.4) is 0 Å². The number of aromatic nitrogens is 4. The summed E-state index contributed by atoms with van der Waals surface area (Å²) in [6.45, 7) is 1.70. The number of nitrogens with zero attached hydrogens (tertiary/aromatic N) is 4. The molecule has 2 amide bonds. The summed E-state index contributed by atoms with van der Waals surface area (Å²) in [7, 11) is 0. The Balaban J connectivity index is 0.00000705. The molecule has 4 N–H and O–H groups in total. The third-order valence-corrected chi connectivity index (χ3v) is 7.05. The van der Waals surface area contributed by atoms with Crippen molar-refractivity contribution in [3.05, 3.63) is 75.5 Å². The van der Waals surface area contributed by atoms with E-state index in [0.717, 1.165) is 10.4 Å². The molecular formula is C29H36Cl3N7O6. The fourth-order valence-electron chi connectivity index (χ4n) is 4.10. The normalized spacial score (nSPS) is 11.9. The van der Waals surface area contributed by atoms with E-state index >= 15 is 0 Å². The number of tetrazole rings is 1. The van der Waals surface area contributed by atoms with E-state index in [1.807, 2.05) is 18.2 Å². The molecule has 3 aromatic rings. The molecule has 13 nitrogen and oxygen atoms in total. The molecule has 2 aromatic carbocycles. The Kier molecular flexibility index (Phi) is 16.3. The Morgan fingerprint density at radius 1 is 0.956 bits per heavy atom. The maximum absolute atomic E-state index is 13.3. The van der Waals surface area contributed by atoms with Crippen LogP contribution in [-0.2, 0) is 43.4 Å². The molecule has 0 saturated heterocycles. The van der Waals surface area contributed by atoms with E-state index in [4.69, 9.17) is 38.4 Å². The predicted molar refractivity (Wildman–Crippen MR) is 169 cm³/mol. The van der Waals surface area contributed by atoms with Crippen LogP contribution >= 0.6 is 35.6 Å². The third kappa shape index (κ3) is 12.6. The highest BCUT2D eigenvalue weighted by Gasteiger charge is 2.29. The van der Waals surface area contributed by atoms with Gasteiger partial charge in [-0.25, -0.2) is 4.79 Å². The summed E-state index contributed by atoms with van der Waals surface area (Å²) < 4.78 is 10.3. The van der Waals surface area contributed by atoms with Gasteiger partial charge in [0.25, 0.3) is 0 Å². The lowest BCUT2D eigenvalue weighted by Gasteiger charge is -2.22. The van der Waals surface area contributed by atoms with E-state index in [1.165, 1.54) is 0 Å². The molecule has 0 spiro atoms. The number of carbonyl (C=O) groups excluding carboxylic acids is 4. The molecule has 1 heterocycles. The zero-order chi connectivity index (χ0) is 31.9. The molecule has 0 aliphatic rings. The first kappa shape index (κ1) is 37.4. The topological polar surface area (TPSA) is 180 Å². The van der Waals surface area contributed by atoms with Gasteiger partial charge in [-0.1, -0.05) is 59.6 Å². The van der Waals surface area contributed by atoms with Gasteiger partial charge in [-0.2, -0.15) is 4.80 Å². The van der Waals surface area contributed by atoms with Gasteiger partial charge in [0.05, 0.1) is 13.0 Å². The van der Waals surface area contributed by atoms with Crippen molar-refractivity contribution in [1.29, 1.82) is 0 Å². The minimum absolute atomic E-state index is 0. The number of Topliss-reactive ketones (excluding diaryl/α,β-unsaturated/α-hetero) is 1. The minimum Gasteiger partial charge on any atom is -0.466 e. The van der Waals surface area contributed by atoms with Gasteiger partial charge in [0, 0.05) is 16.5 Å². The number of ether oxygens (including phenoxy) is 2. The number of esters is 1. The Morgan fingerprint density at radius 2 is 1.67 bits per heavy atom. The molecule has 1 aromatic heterocycles. The van der Waals surface area contributed by atoms with E-state index in [1.54, 1.807) is 37.3 Å². The number of hydrogen-bond acceptors (Lipinski definition) is 10. The second-order valence-electron chi connectivity index (χ2n) is 9.69. The van der Waals surface area contributed by atoms with E-state index < -0.39 is 48.8 Å². The van der Waals surface area contributed by atoms with Crippen molar-refractivity contribution in [3.63, 3.8) is 0 Å². The van der Waals surface area contributed by atoms with Crippen molar-refractivity contribution in [3.8, 4) is 0 Å². The van der Waals surface area contributed by atoms with Crippen LogP contribution in [-0.4, -0.2) is 69.2 Å². The molecule has 0 radical (unpaired) electrons. The Hall–Kier alpha value is -3.78. The molecule has 0 aliphatic heterocycles. The molecule has 0 aliphatic carbocycles. The molecule has 16 heteroatoms. The van der Waals surface area contributed by atoms with Crippen molar-refractivity contribution in [2.45, 2.75) is 64.3 Å². The highest BCUT2D eigenvalue weighted by molar-refractivity contribution is 6.36. The van der Waals surface area contributed by atoms with Crippen molar-refractivity contribution in [2.75, 3.05) is 13.2 Å². The average molecular weight is 685 g/mol. The van der Waals surface area contributed by atoms with Crippen molar-refractivity contribution < 1.29 is 28.7 Å². The zero-order valence-electron chi connectivity index (χ0n) is 24.6. The summed E-state index contributed by atoms with van der Waals surface area (Å²) in [5.74, 6) is -1.70. The van der Waals surface area contributed by atoms with E-state index in [0.29, 0.717) is 35.0 Å². The Labute approximate surface area is 276 Å². The molecular weight excluding hydrogens is 649 g/mol. The van der Waals surface area contributed by atoms with Gasteiger partial charge in [-0.05, 0) is 61.2 Å². The highest BCUT2D eigenvalue weighted by Crippen LogP contribution is 2.25. The lowest BCUT2D eigenvalue weighted by Crippen LogP contribution is -2.52. The number of hydrogen-bond donors (Lipinski definition) is 3. The van der Waals surface area contributed by atoms with Crippen LogP contribution in [0.25, 0.3) is 0 Å². The lowest BCUT2D eigenvalue weighted by atomic mass is 10.1. The number of nitrogens with two attached hydrogens (primary N) is 1. The van der Waals surface area contributed by atoms with E-state index in [2.05, 4.69) is 26.0 Å². The highest BCUT2D eigenvalue weighted by atomic mass is 35.5. The Bertz CT molecular complexity index is 1390. The second kappa shape index (κ2) is 19.6. The van der Waals surface area contributed by atoms with Gasteiger partial charge >= 0.3 is 12.1 Å². The molecule has 0 saturated carbocycles. The van der Waals surface area contributed by atoms with Gasteiger partial charge in [0.1, 0.15) is 25.2 Å². The smallest absolute Gasteiger partial charge is 0.408 e. The van der Waals surface area contributed by atoms with Crippen LogP contribution < -0.4 is 16.4 Å². The third-order valence-electron chi connectivity index (χ3n) is 6.34. The van der Waals surface area contributed by atoms with Gasteiger partial charge in [0.2, 0.25) is 5.91 Å². The SMILES string of the molecule is CCOC(=O)CC(NC(=O)[C@H](CCCCN)NC(=O)OCc1ccccc1)C(=O)Cn1nnc(Cc2c(Cl)cccc2Cl)n1.Cl. The van der Waals surface area contributed by atoms with Crippen LogP contribution in [0.4, 0.5) is 4.79 Å². The monoisotopic (exact) mass is 683 g/mol. The van der Waals surface area contributed by atoms with E-state index in [-0.39, 0.29) is 44.3 Å². The van der Waals surface area contributed by atoms with Gasteiger partial charge < -0.3 is 25.8 Å². The zero-order valence-corrected chi connectivity index (χ0v) is 26.9. The summed E-state index contributed by atoms with van der Waals surface area (Å²) in [4.78, 5) is 52.6. The number of halogens is 3. The average Bonchev–Trinajstić information content (AvgIpc) is 3.44. The number of benzene rings is 2. The maximum atomic E-state index is 13.3. The summed E-state index contributed by atoms with van der Waals surface area (Å²) in [6.07, 6.45) is 0.270. The summed E-state index contributed by atoms with van der Waals surface area (Å²) >= 11 is 12.5. The van der Waals surface area contributed by atoms with Gasteiger partial charge in [0.15, 0.2) is 11.6 Å². The molecule has 0 bridgehead atoms. The molecule has 1 unspecified atom stereocenters. The van der Waals surface area contributed by atoms with Gasteiger partial charge in [-0.3, -0.25) is 14.4 Å². The van der Waals surface area contributed by atoms with Crippen LogP contribution in [0.15, 0.2) is 48.5 Å². The lowest BCUT2D eigenvalue weighted by molar-refractivity contribution is -0.145. The maximum Gasteiger partial charge on any atom is 0.408 e. The predicted octanol–water partition coefficient (Wildman–Crippen LogP) is 3.42. The standard InChI is InChI=1S/C29H35Cl2N7O6.ClH/c1-2-43-27(40)16-24(25(39)17-38-36-26(35-37-38)15-20-21(30)11-8-12-22(20)31)33-28(41)23(13-6-7-14-32)34-29(42)44-18-19-9-4-3-5-10-19;/h3-5,8-12,23-24H,2,6-7,13-18,32H2,1H3,(H,33,41)(H,34,42);1H/t23-,24?;/m0./s1. The number of rotatable bonds is 17. The number of ketones is 1. The van der Waals surface area contributed by atoms with Crippen LogP contribution in [0, 0.1) is 0 Å². The molecule has 244 valence electrons. The molecule has 0 fully saturated rings. The number of alkyl carbamates (subject to hydrolysis) is 1. The molecule has 3 rings (SSSR count). The van der Waals surface area contributed by atoms with Gasteiger partial charge in [-0.15, -0.1) is 22.6 Å². The number of nitrogens with one attached hydrogen (secondary N) is 2. The first-order valence-corrected chi connectivity index (χ1v) is 14.8. The summed E-state index contributed by atoms with van der Waals surface area (Å²) in [6, 6.07) is 11.8. The number of amides is 2. The minimum atomic E-state index is -1.30. The van der Waals surface area contributed by atoms with Crippen LogP contribution in [0.5, 0.6) is 0 Å². The van der Waals surface area contributed by atoms with Crippen molar-refractivity contribution in [1.82, 2.24) is 30.8 Å². The van der Waals surface area contributed by atoms with Crippen molar-refractivity contribution >= 4 is 59.4 Å². The first-order chi connectivity index (χ1) is 21.2. The summed E-state index contributed by atoms with van der Waals surface area (Å²) in [5, 5.41) is 18.1. The largest absolute Gasteiger partial charge is 0.466 e. The Morgan fingerprint density at radius 3 is 2.33 bits per heavy atom. The number of carbonyl (C=O) groups is 4. The van der Waals surface area contributed by atoms with Crippen LogP contribution in [0.2, 0.25) is 10.0 Å². The van der Waals surface area contributed by atoms with Crippen LogP contribution in [0.1, 0.15) is 49.6 Å². The number of unbranched alkanes of at least 4 members (excludes halogenated alkanes) is 1. The molecule has 45 heavy (non-hydrogen) atoms. The fourth-order valence-corrected chi connectivity index (χ4v) is 4.63. The summed E-state index contributed by atoms with van der Waals surface area (Å²) in [5.41, 5.74) is 6.97. The second-order valence-corrected chi connectivity index (χ2v) is 10.5. The fraction of sp³-hybridized carbons (Fsp3) is 0.414.